The maximum absolute atomic E-state index is 5.63. The Kier molecular flexibility index (Phi) is 6.85. The molecule has 0 aliphatic carbocycles. The SMILES string of the molecule is CCCc1cc([C@@H]2CCCN2Cc2ccc(OC)c(CN3CCOCC3)c2)no1. The van der Waals surface area contributed by atoms with E-state index in [1.165, 1.54) is 17.5 Å². The minimum absolute atomic E-state index is 0.356. The Balaban J connectivity index is 1.46. The molecule has 29 heavy (non-hydrogen) atoms. The number of aromatic nitrogens is 1. The summed E-state index contributed by atoms with van der Waals surface area (Å²) in [6.07, 6.45) is 4.40. The third-order valence-corrected chi connectivity index (χ3v) is 6.01. The van der Waals surface area contributed by atoms with Crippen molar-refractivity contribution in [2.75, 3.05) is 40.0 Å². The fraction of sp³-hybridized carbons (Fsp3) is 0.609. The first-order valence-corrected chi connectivity index (χ1v) is 10.9. The van der Waals surface area contributed by atoms with Gasteiger partial charge in [0.15, 0.2) is 0 Å². The van der Waals surface area contributed by atoms with Crippen molar-refractivity contribution in [2.24, 2.45) is 0 Å². The lowest BCUT2D eigenvalue weighted by atomic mass is 10.1. The molecule has 4 rings (SSSR count). The van der Waals surface area contributed by atoms with E-state index in [-0.39, 0.29) is 0 Å². The zero-order valence-electron chi connectivity index (χ0n) is 17.7. The van der Waals surface area contributed by atoms with E-state index in [1.54, 1.807) is 7.11 Å². The van der Waals surface area contributed by atoms with E-state index in [2.05, 4.69) is 46.1 Å². The van der Waals surface area contributed by atoms with Gasteiger partial charge in [-0.2, -0.15) is 0 Å². The van der Waals surface area contributed by atoms with Crippen LogP contribution in [0.25, 0.3) is 0 Å². The molecule has 1 aromatic carbocycles. The first kappa shape index (κ1) is 20.4. The van der Waals surface area contributed by atoms with Gasteiger partial charge in [0.25, 0.3) is 0 Å². The highest BCUT2D eigenvalue weighted by Gasteiger charge is 2.29. The minimum atomic E-state index is 0.356. The van der Waals surface area contributed by atoms with Crippen molar-refractivity contribution in [3.63, 3.8) is 0 Å². The fourth-order valence-corrected chi connectivity index (χ4v) is 4.49. The van der Waals surface area contributed by atoms with E-state index < -0.39 is 0 Å². The zero-order valence-corrected chi connectivity index (χ0v) is 17.7. The largest absolute Gasteiger partial charge is 0.496 e. The van der Waals surface area contributed by atoms with Crippen molar-refractivity contribution < 1.29 is 14.0 Å². The molecule has 1 aromatic heterocycles. The fourth-order valence-electron chi connectivity index (χ4n) is 4.49. The number of methoxy groups -OCH3 is 1. The smallest absolute Gasteiger partial charge is 0.137 e. The van der Waals surface area contributed by atoms with Crippen molar-refractivity contribution >= 4 is 0 Å². The van der Waals surface area contributed by atoms with Crippen molar-refractivity contribution in [3.8, 4) is 5.75 Å². The van der Waals surface area contributed by atoms with E-state index in [9.17, 15) is 0 Å². The summed E-state index contributed by atoms with van der Waals surface area (Å²) in [4.78, 5) is 4.97. The van der Waals surface area contributed by atoms with Gasteiger partial charge in [-0.1, -0.05) is 18.1 Å². The van der Waals surface area contributed by atoms with Crippen molar-refractivity contribution in [2.45, 2.75) is 51.7 Å². The molecule has 2 fully saturated rings. The van der Waals surface area contributed by atoms with Crippen LogP contribution in [0.1, 0.15) is 54.8 Å². The van der Waals surface area contributed by atoms with Crippen LogP contribution in [0.4, 0.5) is 0 Å². The van der Waals surface area contributed by atoms with Gasteiger partial charge >= 0.3 is 0 Å². The number of aryl methyl sites for hydroxylation is 1. The van der Waals surface area contributed by atoms with Crippen molar-refractivity contribution in [1.29, 1.82) is 0 Å². The molecule has 2 aliphatic heterocycles. The first-order chi connectivity index (χ1) is 14.3. The van der Waals surface area contributed by atoms with Gasteiger partial charge in [0.1, 0.15) is 17.2 Å². The van der Waals surface area contributed by atoms with Crippen LogP contribution in [0.3, 0.4) is 0 Å². The van der Waals surface area contributed by atoms with Gasteiger partial charge in [0.2, 0.25) is 0 Å². The van der Waals surface area contributed by atoms with E-state index in [1.807, 2.05) is 0 Å². The molecule has 0 N–H and O–H groups in total. The quantitative estimate of drug-likeness (QED) is 0.673. The summed E-state index contributed by atoms with van der Waals surface area (Å²) in [5.41, 5.74) is 3.68. The predicted octanol–water partition coefficient (Wildman–Crippen LogP) is 3.81. The third kappa shape index (κ3) is 5.00. The standard InChI is InChI=1S/C23H33N3O3/c1-3-5-20-15-21(24-29-20)22-6-4-9-26(22)16-18-7-8-23(27-2)19(14-18)17-25-10-12-28-13-11-25/h7-8,14-15,22H,3-6,9-13,16-17H2,1-2H3/t22-/m0/s1. The van der Waals surface area contributed by atoms with Crippen molar-refractivity contribution in [3.05, 3.63) is 46.8 Å². The highest BCUT2D eigenvalue weighted by atomic mass is 16.5. The molecule has 2 aliphatic rings. The van der Waals surface area contributed by atoms with Gasteiger partial charge in [-0.15, -0.1) is 0 Å². The molecule has 6 nitrogen and oxygen atoms in total. The van der Waals surface area contributed by atoms with Crippen LogP contribution in [-0.4, -0.2) is 54.9 Å². The number of rotatable bonds is 8. The lowest BCUT2D eigenvalue weighted by Crippen LogP contribution is -2.35. The average molecular weight is 400 g/mol. The molecular formula is C23H33N3O3. The van der Waals surface area contributed by atoms with E-state index in [0.717, 1.165) is 82.4 Å². The predicted molar refractivity (Wildman–Crippen MR) is 112 cm³/mol. The molecule has 0 bridgehead atoms. The summed E-state index contributed by atoms with van der Waals surface area (Å²) in [5.74, 6) is 1.98. The van der Waals surface area contributed by atoms with E-state index in [0.29, 0.717) is 6.04 Å². The molecule has 2 saturated heterocycles. The second-order valence-corrected chi connectivity index (χ2v) is 8.13. The molecule has 0 spiro atoms. The first-order valence-electron chi connectivity index (χ1n) is 10.9. The maximum Gasteiger partial charge on any atom is 0.137 e. The van der Waals surface area contributed by atoms with Crippen LogP contribution in [-0.2, 0) is 24.2 Å². The lowest BCUT2D eigenvalue weighted by Gasteiger charge is -2.28. The summed E-state index contributed by atoms with van der Waals surface area (Å²) in [7, 11) is 1.76. The summed E-state index contributed by atoms with van der Waals surface area (Å²) < 4.78 is 16.7. The molecule has 0 unspecified atom stereocenters. The van der Waals surface area contributed by atoms with Crippen LogP contribution in [0.2, 0.25) is 0 Å². The van der Waals surface area contributed by atoms with Crippen LogP contribution >= 0.6 is 0 Å². The molecule has 1 atom stereocenters. The summed E-state index contributed by atoms with van der Waals surface area (Å²) in [6.45, 7) is 8.70. The topological polar surface area (TPSA) is 51.0 Å². The summed E-state index contributed by atoms with van der Waals surface area (Å²) in [6, 6.07) is 9.14. The highest BCUT2D eigenvalue weighted by Crippen LogP contribution is 2.33. The molecule has 2 aromatic rings. The van der Waals surface area contributed by atoms with E-state index >= 15 is 0 Å². The number of hydrogen-bond donors (Lipinski definition) is 0. The van der Waals surface area contributed by atoms with Crippen molar-refractivity contribution in [1.82, 2.24) is 15.0 Å². The minimum Gasteiger partial charge on any atom is -0.496 e. The van der Waals surface area contributed by atoms with Gasteiger partial charge in [0, 0.05) is 44.2 Å². The van der Waals surface area contributed by atoms with E-state index in [4.69, 9.17) is 14.0 Å². The van der Waals surface area contributed by atoms with Gasteiger partial charge < -0.3 is 14.0 Å². The average Bonchev–Trinajstić information content (AvgIpc) is 3.39. The molecular weight excluding hydrogens is 366 g/mol. The van der Waals surface area contributed by atoms with Crippen LogP contribution < -0.4 is 4.74 Å². The normalized spacial score (nSPS) is 21.0. The van der Waals surface area contributed by atoms with Crippen LogP contribution in [0.15, 0.2) is 28.8 Å². The second-order valence-electron chi connectivity index (χ2n) is 8.13. The zero-order chi connectivity index (χ0) is 20.1. The Morgan fingerprint density at radius 2 is 2.00 bits per heavy atom. The highest BCUT2D eigenvalue weighted by molar-refractivity contribution is 5.37. The van der Waals surface area contributed by atoms with Gasteiger partial charge in [-0.25, -0.2) is 0 Å². The number of ether oxygens (including phenoxy) is 2. The Hall–Kier alpha value is -1.89. The summed E-state index contributed by atoms with van der Waals surface area (Å²) >= 11 is 0. The van der Waals surface area contributed by atoms with Crippen LogP contribution in [0, 0.1) is 0 Å². The Morgan fingerprint density at radius 3 is 2.79 bits per heavy atom. The summed E-state index contributed by atoms with van der Waals surface area (Å²) in [5, 5.41) is 4.38. The number of morpholine rings is 1. The molecule has 0 radical (unpaired) electrons. The molecule has 158 valence electrons. The van der Waals surface area contributed by atoms with Gasteiger partial charge in [-0.05, 0) is 43.5 Å². The molecule has 0 amide bonds. The Morgan fingerprint density at radius 1 is 1.14 bits per heavy atom. The molecule has 6 heteroatoms. The molecule has 3 heterocycles. The Bertz CT molecular complexity index is 785. The number of nitrogens with zero attached hydrogens (tertiary/aromatic N) is 3. The number of benzene rings is 1. The Labute approximate surface area is 173 Å². The third-order valence-electron chi connectivity index (χ3n) is 6.01. The second kappa shape index (κ2) is 9.74. The lowest BCUT2D eigenvalue weighted by molar-refractivity contribution is 0.0338. The monoisotopic (exact) mass is 399 g/mol. The maximum atomic E-state index is 5.63. The molecule has 0 saturated carbocycles. The van der Waals surface area contributed by atoms with Gasteiger partial charge in [-0.3, -0.25) is 9.80 Å². The number of hydrogen-bond acceptors (Lipinski definition) is 6. The van der Waals surface area contributed by atoms with Gasteiger partial charge in [0.05, 0.1) is 26.4 Å². The number of likely N-dealkylation sites (tertiary alicyclic amines) is 1. The van der Waals surface area contributed by atoms with Crippen LogP contribution in [0.5, 0.6) is 5.75 Å².